The van der Waals surface area contributed by atoms with Crippen LogP contribution in [0.3, 0.4) is 0 Å². The number of piperazine rings is 1. The lowest BCUT2D eigenvalue weighted by Crippen LogP contribution is -2.48. The molecule has 2 aliphatic heterocycles. The summed E-state index contributed by atoms with van der Waals surface area (Å²) in [6.07, 6.45) is 6.16. The molecule has 5 rings (SSSR count). The third kappa shape index (κ3) is 5.12. The minimum Gasteiger partial charge on any atom is -0.341 e. The van der Waals surface area contributed by atoms with Crippen LogP contribution in [-0.4, -0.2) is 75.5 Å². The van der Waals surface area contributed by atoms with Crippen molar-refractivity contribution in [3.05, 3.63) is 35.4 Å². The van der Waals surface area contributed by atoms with E-state index in [0.717, 1.165) is 56.9 Å². The topological polar surface area (TPSA) is 57.5 Å². The maximum absolute atomic E-state index is 12.9. The van der Waals surface area contributed by atoms with Gasteiger partial charge < -0.3 is 9.80 Å². The Kier molecular flexibility index (Phi) is 6.69. The number of hydrogen-bond acceptors (Lipinski definition) is 6. The maximum Gasteiger partial charge on any atom is 0.233 e. The second kappa shape index (κ2) is 9.83. The molecule has 172 valence electrons. The molecule has 0 spiro atoms. The summed E-state index contributed by atoms with van der Waals surface area (Å²) >= 11 is 1.56. The summed E-state index contributed by atoms with van der Waals surface area (Å²) in [4.78, 5) is 19.7. The van der Waals surface area contributed by atoms with Crippen molar-refractivity contribution in [2.45, 2.75) is 56.8 Å². The number of nitrogens with zero attached hydrogens (tertiary/aromatic N) is 6. The van der Waals surface area contributed by atoms with Gasteiger partial charge in [-0.3, -0.25) is 14.3 Å². The van der Waals surface area contributed by atoms with Crippen molar-refractivity contribution in [1.29, 1.82) is 0 Å². The van der Waals surface area contributed by atoms with Gasteiger partial charge >= 0.3 is 0 Å². The molecule has 1 amide bonds. The van der Waals surface area contributed by atoms with Gasteiger partial charge in [-0.1, -0.05) is 41.6 Å². The molecule has 3 heterocycles. The summed E-state index contributed by atoms with van der Waals surface area (Å²) in [5.74, 6) is 1.69. The number of aromatic nitrogens is 3. The van der Waals surface area contributed by atoms with Crippen LogP contribution in [0.15, 0.2) is 29.4 Å². The SMILES string of the molecule is Cc1cccc(CN2CCN(C(=O)CSc3nnc(N4CCCCC4)n3C3CC3)CC2)c1. The second-order valence-corrected chi connectivity index (χ2v) is 10.3. The van der Waals surface area contributed by atoms with Crippen molar-refractivity contribution in [3.8, 4) is 0 Å². The zero-order chi connectivity index (χ0) is 21.9. The quantitative estimate of drug-likeness (QED) is 0.598. The predicted octanol–water partition coefficient (Wildman–Crippen LogP) is 3.35. The van der Waals surface area contributed by atoms with Crippen LogP contribution < -0.4 is 4.90 Å². The zero-order valence-corrected chi connectivity index (χ0v) is 19.9. The highest BCUT2D eigenvalue weighted by Crippen LogP contribution is 2.41. The molecule has 1 aromatic carbocycles. The Bertz CT molecular complexity index is 928. The van der Waals surface area contributed by atoms with E-state index in [1.165, 1.54) is 43.2 Å². The van der Waals surface area contributed by atoms with E-state index in [4.69, 9.17) is 0 Å². The van der Waals surface area contributed by atoms with Gasteiger partial charge in [-0.05, 0) is 44.6 Å². The van der Waals surface area contributed by atoms with Gasteiger partial charge in [0.25, 0.3) is 0 Å². The number of carbonyl (C=O) groups excluding carboxylic acids is 1. The first-order valence-electron chi connectivity index (χ1n) is 12.1. The summed E-state index contributed by atoms with van der Waals surface area (Å²) in [5.41, 5.74) is 2.65. The number of carbonyl (C=O) groups is 1. The van der Waals surface area contributed by atoms with Crippen LogP contribution in [0.25, 0.3) is 0 Å². The fraction of sp³-hybridized carbons (Fsp3) is 0.625. The summed E-state index contributed by atoms with van der Waals surface area (Å²) in [7, 11) is 0. The Hall–Kier alpha value is -2.06. The van der Waals surface area contributed by atoms with E-state index in [1.54, 1.807) is 11.8 Å². The molecule has 1 aromatic heterocycles. The van der Waals surface area contributed by atoms with Crippen molar-refractivity contribution in [2.75, 3.05) is 49.9 Å². The van der Waals surface area contributed by atoms with E-state index in [-0.39, 0.29) is 5.91 Å². The summed E-state index contributed by atoms with van der Waals surface area (Å²) in [6, 6.07) is 9.22. The standard InChI is InChI=1S/C24H34N6OS/c1-19-6-5-7-20(16-19)17-27-12-14-28(15-13-27)22(31)18-32-24-26-25-23(30(24)21-8-9-21)29-10-3-2-4-11-29/h5-7,16,21H,2-4,8-15,17-18H2,1H3. The third-order valence-electron chi connectivity index (χ3n) is 6.74. The number of hydrogen-bond donors (Lipinski definition) is 0. The molecule has 0 N–H and O–H groups in total. The van der Waals surface area contributed by atoms with Crippen LogP contribution in [0.5, 0.6) is 0 Å². The highest BCUT2D eigenvalue weighted by atomic mass is 32.2. The van der Waals surface area contributed by atoms with E-state index in [1.807, 2.05) is 4.90 Å². The lowest BCUT2D eigenvalue weighted by molar-refractivity contribution is -0.130. The average Bonchev–Trinajstić information content (AvgIpc) is 3.57. The molecule has 2 saturated heterocycles. The Morgan fingerprint density at radius 1 is 1.03 bits per heavy atom. The predicted molar refractivity (Wildman–Crippen MR) is 128 cm³/mol. The molecule has 1 saturated carbocycles. The van der Waals surface area contributed by atoms with Crippen LogP contribution >= 0.6 is 11.8 Å². The molecule has 32 heavy (non-hydrogen) atoms. The highest BCUT2D eigenvalue weighted by Gasteiger charge is 2.32. The minimum atomic E-state index is 0.218. The number of aryl methyl sites for hydroxylation is 1. The molecular formula is C24H34N6OS. The smallest absolute Gasteiger partial charge is 0.233 e. The molecule has 0 bridgehead atoms. The van der Waals surface area contributed by atoms with E-state index in [2.05, 4.69) is 55.8 Å². The van der Waals surface area contributed by atoms with Crippen molar-refractivity contribution in [1.82, 2.24) is 24.6 Å². The largest absolute Gasteiger partial charge is 0.341 e. The number of benzene rings is 1. The molecule has 2 aromatic rings. The Balaban J connectivity index is 1.13. The highest BCUT2D eigenvalue weighted by molar-refractivity contribution is 7.99. The summed E-state index contributed by atoms with van der Waals surface area (Å²) in [6.45, 7) is 8.71. The van der Waals surface area contributed by atoms with Gasteiger partial charge in [-0.25, -0.2) is 0 Å². The van der Waals surface area contributed by atoms with Crippen LogP contribution in [0.4, 0.5) is 5.95 Å². The van der Waals surface area contributed by atoms with E-state index in [9.17, 15) is 4.79 Å². The molecule has 8 heteroatoms. The van der Waals surface area contributed by atoms with Gasteiger partial charge in [0.2, 0.25) is 11.9 Å². The van der Waals surface area contributed by atoms with Crippen LogP contribution in [0, 0.1) is 6.92 Å². The van der Waals surface area contributed by atoms with Gasteiger partial charge in [0.05, 0.1) is 5.75 Å². The maximum atomic E-state index is 12.9. The molecule has 0 unspecified atom stereocenters. The number of thioether (sulfide) groups is 1. The monoisotopic (exact) mass is 454 g/mol. The normalized spacial score (nSPS) is 20.0. The molecule has 3 aliphatic rings. The molecule has 3 fully saturated rings. The lowest BCUT2D eigenvalue weighted by Gasteiger charge is -2.34. The fourth-order valence-electron chi connectivity index (χ4n) is 4.77. The van der Waals surface area contributed by atoms with Crippen molar-refractivity contribution in [2.24, 2.45) is 0 Å². The van der Waals surface area contributed by atoms with Gasteiger partial charge in [0.15, 0.2) is 5.16 Å². The molecule has 0 radical (unpaired) electrons. The zero-order valence-electron chi connectivity index (χ0n) is 19.1. The summed E-state index contributed by atoms with van der Waals surface area (Å²) in [5, 5.41) is 9.94. The van der Waals surface area contributed by atoms with Crippen molar-refractivity contribution in [3.63, 3.8) is 0 Å². The number of piperidine rings is 1. The van der Waals surface area contributed by atoms with Crippen LogP contribution in [0.1, 0.15) is 49.3 Å². The number of rotatable bonds is 7. The number of anilines is 1. The van der Waals surface area contributed by atoms with Crippen LogP contribution in [-0.2, 0) is 11.3 Å². The van der Waals surface area contributed by atoms with Gasteiger partial charge in [-0.2, -0.15) is 0 Å². The molecular weight excluding hydrogens is 420 g/mol. The fourth-order valence-corrected chi connectivity index (χ4v) is 5.67. The van der Waals surface area contributed by atoms with Gasteiger partial charge in [0.1, 0.15) is 0 Å². The molecule has 0 atom stereocenters. The van der Waals surface area contributed by atoms with Crippen LogP contribution in [0.2, 0.25) is 0 Å². The first-order valence-corrected chi connectivity index (χ1v) is 13.0. The average molecular weight is 455 g/mol. The van der Waals surface area contributed by atoms with Crippen molar-refractivity contribution >= 4 is 23.6 Å². The summed E-state index contributed by atoms with van der Waals surface area (Å²) < 4.78 is 2.31. The first-order chi connectivity index (χ1) is 15.7. The Morgan fingerprint density at radius 3 is 2.53 bits per heavy atom. The Morgan fingerprint density at radius 2 is 1.81 bits per heavy atom. The first kappa shape index (κ1) is 21.8. The van der Waals surface area contributed by atoms with E-state index >= 15 is 0 Å². The molecule has 1 aliphatic carbocycles. The molecule has 7 nitrogen and oxygen atoms in total. The van der Waals surface area contributed by atoms with Crippen molar-refractivity contribution < 1.29 is 4.79 Å². The van der Waals surface area contributed by atoms with E-state index in [0.29, 0.717) is 11.8 Å². The lowest BCUT2D eigenvalue weighted by atomic mass is 10.1. The number of amides is 1. The van der Waals surface area contributed by atoms with Gasteiger partial charge in [0, 0.05) is 51.9 Å². The van der Waals surface area contributed by atoms with Gasteiger partial charge in [-0.15, -0.1) is 10.2 Å². The second-order valence-electron chi connectivity index (χ2n) is 9.37. The minimum absolute atomic E-state index is 0.218. The van der Waals surface area contributed by atoms with E-state index < -0.39 is 0 Å². The third-order valence-corrected chi connectivity index (χ3v) is 7.66. The Labute approximate surface area is 195 Å².